The molecule has 0 radical (unpaired) electrons. The van der Waals surface area contributed by atoms with E-state index in [4.69, 9.17) is 14.2 Å². The fourth-order valence-corrected chi connectivity index (χ4v) is 5.33. The van der Waals surface area contributed by atoms with Crippen LogP contribution in [0.5, 0.6) is 23.0 Å². The van der Waals surface area contributed by atoms with E-state index < -0.39 is 5.60 Å². The van der Waals surface area contributed by atoms with Crippen molar-refractivity contribution in [3.8, 4) is 23.0 Å². The van der Waals surface area contributed by atoms with E-state index in [9.17, 15) is 15.0 Å². The average molecular weight is 442 g/mol. The average Bonchev–Trinajstić information content (AvgIpc) is 2.82. The van der Waals surface area contributed by atoms with E-state index in [0.29, 0.717) is 35.8 Å². The maximum Gasteiger partial charge on any atom is 0.258 e. The van der Waals surface area contributed by atoms with Crippen LogP contribution in [0.4, 0.5) is 0 Å². The van der Waals surface area contributed by atoms with E-state index in [1.165, 1.54) is 14.2 Å². The van der Waals surface area contributed by atoms with Gasteiger partial charge >= 0.3 is 0 Å². The van der Waals surface area contributed by atoms with E-state index >= 15 is 0 Å². The lowest BCUT2D eigenvalue weighted by molar-refractivity contribution is -0.115. The molecule has 1 saturated heterocycles. The fourth-order valence-electron chi connectivity index (χ4n) is 5.33. The number of hydrogen-bond donors (Lipinski definition) is 2. The minimum atomic E-state index is -0.811. The number of benzene rings is 2. The minimum Gasteiger partial charge on any atom is -0.504 e. The number of carbonyl (C=O) groups excluding carboxylic acids is 1. The summed E-state index contributed by atoms with van der Waals surface area (Å²) < 4.78 is 16.1. The van der Waals surface area contributed by atoms with Gasteiger partial charge in [0, 0.05) is 18.5 Å². The van der Waals surface area contributed by atoms with E-state index in [0.717, 1.165) is 31.2 Å². The van der Waals surface area contributed by atoms with E-state index in [1.54, 1.807) is 37.4 Å². The Morgan fingerprint density at radius 1 is 1.00 bits per heavy atom. The van der Waals surface area contributed by atoms with Crippen LogP contribution in [0, 0.1) is 5.92 Å². The molecule has 0 aromatic heterocycles. The van der Waals surface area contributed by atoms with Crippen molar-refractivity contribution in [2.75, 3.05) is 27.9 Å². The lowest BCUT2D eigenvalue weighted by atomic mass is 9.66. The lowest BCUT2D eigenvalue weighted by Gasteiger charge is -2.52. The van der Waals surface area contributed by atoms with Gasteiger partial charge in [-0.05, 0) is 49.1 Å². The first kappa shape index (κ1) is 22.3. The molecule has 1 aliphatic carbocycles. The number of hydrogen-bond acceptors (Lipinski definition) is 6. The first-order valence-electron chi connectivity index (χ1n) is 11.0. The molecule has 3 unspecified atom stereocenters. The summed E-state index contributed by atoms with van der Waals surface area (Å²) in [5.41, 5.74) is 0.477. The number of fused-ring (bicyclic) bond motifs is 1. The zero-order chi connectivity index (χ0) is 22.9. The predicted molar refractivity (Wildman–Crippen MR) is 120 cm³/mol. The monoisotopic (exact) mass is 441 g/mol. The second-order valence-electron chi connectivity index (χ2n) is 8.65. The smallest absolute Gasteiger partial charge is 0.258 e. The molecule has 1 amide bonds. The van der Waals surface area contributed by atoms with Crippen molar-refractivity contribution in [1.29, 1.82) is 0 Å². The van der Waals surface area contributed by atoms with Crippen LogP contribution in [-0.4, -0.2) is 54.5 Å². The van der Waals surface area contributed by atoms with Gasteiger partial charge in [-0.2, -0.15) is 0 Å². The van der Waals surface area contributed by atoms with Gasteiger partial charge in [-0.25, -0.2) is 0 Å². The number of phenols is 1. The Balaban J connectivity index is 1.78. The molecule has 1 saturated carbocycles. The lowest BCUT2D eigenvalue weighted by Crippen LogP contribution is -2.56. The number of aromatic hydroxyl groups is 1. The Morgan fingerprint density at radius 3 is 2.50 bits per heavy atom. The molecule has 172 valence electrons. The Kier molecular flexibility index (Phi) is 6.20. The second kappa shape index (κ2) is 8.90. The number of ether oxygens (including phenoxy) is 3. The van der Waals surface area contributed by atoms with E-state index in [1.807, 2.05) is 11.0 Å². The van der Waals surface area contributed by atoms with Gasteiger partial charge in [0.2, 0.25) is 0 Å². The number of aliphatic hydroxyl groups is 1. The van der Waals surface area contributed by atoms with Crippen LogP contribution in [0.3, 0.4) is 0 Å². The Hall–Kier alpha value is -2.93. The molecule has 2 fully saturated rings. The summed E-state index contributed by atoms with van der Waals surface area (Å²) in [7, 11) is 4.60. The molecular formula is C25H31NO6. The summed E-state index contributed by atoms with van der Waals surface area (Å²) in [5.74, 6) is 1.18. The van der Waals surface area contributed by atoms with Crippen molar-refractivity contribution in [2.45, 2.75) is 43.7 Å². The highest BCUT2D eigenvalue weighted by Gasteiger charge is 2.50. The highest BCUT2D eigenvalue weighted by molar-refractivity contribution is 5.97. The summed E-state index contributed by atoms with van der Waals surface area (Å²) in [4.78, 5) is 15.6. The van der Waals surface area contributed by atoms with Crippen molar-refractivity contribution >= 4 is 5.91 Å². The topological polar surface area (TPSA) is 88.5 Å². The van der Waals surface area contributed by atoms with Gasteiger partial charge in [0.1, 0.15) is 11.5 Å². The van der Waals surface area contributed by atoms with Crippen molar-refractivity contribution in [3.63, 3.8) is 0 Å². The maximum atomic E-state index is 13.8. The zero-order valence-corrected chi connectivity index (χ0v) is 18.8. The van der Waals surface area contributed by atoms with E-state index in [-0.39, 0.29) is 23.6 Å². The van der Waals surface area contributed by atoms with Gasteiger partial charge in [0.05, 0.1) is 38.5 Å². The van der Waals surface area contributed by atoms with Gasteiger partial charge in [-0.1, -0.05) is 18.9 Å². The Labute approximate surface area is 188 Å². The van der Waals surface area contributed by atoms with Crippen molar-refractivity contribution in [2.24, 2.45) is 5.92 Å². The van der Waals surface area contributed by atoms with Crippen LogP contribution >= 0.6 is 0 Å². The highest BCUT2D eigenvalue weighted by Crippen LogP contribution is 2.50. The fraction of sp³-hybridized carbons (Fsp3) is 0.480. The summed E-state index contributed by atoms with van der Waals surface area (Å²) in [6.45, 7) is 0.425. The number of methoxy groups -OCH3 is 3. The maximum absolute atomic E-state index is 13.8. The molecule has 2 aromatic carbocycles. The molecular weight excluding hydrogens is 410 g/mol. The molecule has 1 heterocycles. The summed E-state index contributed by atoms with van der Waals surface area (Å²) in [6, 6.07) is 9.99. The third-order valence-electron chi connectivity index (χ3n) is 7.01. The van der Waals surface area contributed by atoms with Crippen LogP contribution in [0.2, 0.25) is 0 Å². The third kappa shape index (κ3) is 3.86. The molecule has 2 aromatic rings. The van der Waals surface area contributed by atoms with Crippen LogP contribution in [0.15, 0.2) is 36.4 Å². The Morgan fingerprint density at radius 2 is 1.78 bits per heavy atom. The quantitative estimate of drug-likeness (QED) is 0.731. The van der Waals surface area contributed by atoms with Crippen molar-refractivity contribution in [3.05, 3.63) is 47.5 Å². The molecule has 2 aliphatic rings. The number of nitrogens with zero attached hydrogens (tertiary/aromatic N) is 1. The number of rotatable bonds is 5. The number of amides is 1. The molecule has 0 spiro atoms. The molecule has 2 N–H and O–H groups in total. The predicted octanol–water partition coefficient (Wildman–Crippen LogP) is 3.93. The summed E-state index contributed by atoms with van der Waals surface area (Å²) in [6.07, 6.45) is 4.09. The molecule has 3 atom stereocenters. The van der Waals surface area contributed by atoms with Gasteiger partial charge in [-0.3, -0.25) is 4.79 Å². The molecule has 4 rings (SSSR count). The van der Waals surface area contributed by atoms with Crippen LogP contribution in [-0.2, 0) is 0 Å². The van der Waals surface area contributed by atoms with Crippen LogP contribution in [0.1, 0.15) is 54.1 Å². The Bertz CT molecular complexity index is 992. The van der Waals surface area contributed by atoms with Gasteiger partial charge in [0.15, 0.2) is 11.5 Å². The molecule has 32 heavy (non-hydrogen) atoms. The highest BCUT2D eigenvalue weighted by atomic mass is 16.5. The SMILES string of the molecule is COc1ccc(C(=O)N2CCC3(O)CCCCC3C2c2ccc(O)c(OC)c2)c(OC)c1. The molecule has 7 heteroatoms. The molecule has 0 bridgehead atoms. The third-order valence-corrected chi connectivity index (χ3v) is 7.01. The molecule has 1 aliphatic heterocycles. The van der Waals surface area contributed by atoms with Crippen molar-refractivity contribution < 1.29 is 29.2 Å². The van der Waals surface area contributed by atoms with Gasteiger partial charge in [0.25, 0.3) is 5.91 Å². The number of piperidine rings is 1. The first-order chi connectivity index (χ1) is 15.4. The number of likely N-dealkylation sites (tertiary alicyclic amines) is 1. The normalized spacial score (nSPS) is 25.1. The van der Waals surface area contributed by atoms with Gasteiger partial charge < -0.3 is 29.3 Å². The van der Waals surface area contributed by atoms with Crippen LogP contribution in [0.25, 0.3) is 0 Å². The summed E-state index contributed by atoms with van der Waals surface area (Å²) in [5, 5.41) is 21.6. The number of carbonyl (C=O) groups is 1. The summed E-state index contributed by atoms with van der Waals surface area (Å²) >= 11 is 0. The largest absolute Gasteiger partial charge is 0.504 e. The molecule has 7 nitrogen and oxygen atoms in total. The standard InChI is InChI=1S/C25H31NO6/c1-30-17-8-9-18(21(15-17)31-2)24(28)26-13-12-25(29)11-5-4-6-19(25)23(26)16-7-10-20(27)22(14-16)32-3/h7-10,14-15,19,23,27,29H,4-6,11-13H2,1-3H3. The first-order valence-corrected chi connectivity index (χ1v) is 11.0. The van der Waals surface area contributed by atoms with Crippen LogP contribution < -0.4 is 14.2 Å². The second-order valence-corrected chi connectivity index (χ2v) is 8.65. The zero-order valence-electron chi connectivity index (χ0n) is 18.8. The minimum absolute atomic E-state index is 0.0423. The van der Waals surface area contributed by atoms with Crippen molar-refractivity contribution in [1.82, 2.24) is 4.90 Å². The number of phenolic OH excluding ortho intramolecular Hbond substituents is 1. The van der Waals surface area contributed by atoms with Gasteiger partial charge in [-0.15, -0.1) is 0 Å². The van der Waals surface area contributed by atoms with E-state index in [2.05, 4.69) is 0 Å².